The Morgan fingerprint density at radius 1 is 0.833 bits per heavy atom. The van der Waals surface area contributed by atoms with E-state index in [0.717, 1.165) is 0 Å². The molecular weight excluding hydrogens is 560 g/mol. The lowest BCUT2D eigenvalue weighted by atomic mass is 9.99. The summed E-state index contributed by atoms with van der Waals surface area (Å²) in [6.07, 6.45) is -12.3. The Labute approximate surface area is 238 Å². The SMILES string of the molecule is COc1ccc(-c2coc3c(OC)c(OC4OC(COC5OCC(O)C(O)C5O)C(O)C(O)C4O)ccc3c2=O)cc1. The molecule has 14 heteroatoms. The Balaban J connectivity index is 1.36. The third-order valence-electron chi connectivity index (χ3n) is 7.26. The number of benzene rings is 2. The third kappa shape index (κ3) is 5.68. The number of methoxy groups -OCH3 is 2. The monoisotopic (exact) mass is 592 g/mol. The minimum Gasteiger partial charge on any atom is -0.497 e. The van der Waals surface area contributed by atoms with E-state index >= 15 is 0 Å². The molecule has 2 aliphatic heterocycles. The molecule has 9 atom stereocenters. The summed E-state index contributed by atoms with van der Waals surface area (Å²) in [5.74, 6) is 0.645. The van der Waals surface area contributed by atoms with Crippen molar-refractivity contribution in [2.24, 2.45) is 0 Å². The van der Waals surface area contributed by atoms with Crippen LogP contribution in [-0.4, -0.2) is 113 Å². The molecule has 5 rings (SSSR count). The van der Waals surface area contributed by atoms with Gasteiger partial charge in [0.15, 0.2) is 17.6 Å². The van der Waals surface area contributed by atoms with E-state index in [1.165, 1.54) is 32.6 Å². The number of hydrogen-bond donors (Lipinski definition) is 6. The summed E-state index contributed by atoms with van der Waals surface area (Å²) in [6, 6.07) is 9.74. The molecule has 1 aromatic heterocycles. The fourth-order valence-corrected chi connectivity index (χ4v) is 4.80. The van der Waals surface area contributed by atoms with E-state index in [1.54, 1.807) is 24.3 Å². The van der Waals surface area contributed by atoms with Crippen molar-refractivity contribution in [1.82, 2.24) is 0 Å². The standard InChI is InChI=1S/C28H32O14/c1-36-13-5-3-12(4-6-13)15-9-38-25-14(19(15)30)7-8-17(26(25)37-2)41-28-24(35)22(33)21(32)18(42-28)11-40-27-23(34)20(31)16(29)10-39-27/h3-9,16,18,20-24,27-29,31-35H,10-11H2,1-2H3. The molecule has 3 heterocycles. The first kappa shape index (κ1) is 30.2. The van der Waals surface area contributed by atoms with Crippen LogP contribution in [0.25, 0.3) is 22.1 Å². The second-order valence-electron chi connectivity index (χ2n) is 9.90. The first-order valence-corrected chi connectivity index (χ1v) is 13.0. The van der Waals surface area contributed by atoms with Gasteiger partial charge < -0.3 is 63.5 Å². The van der Waals surface area contributed by atoms with Crippen molar-refractivity contribution < 1.29 is 63.5 Å². The second-order valence-corrected chi connectivity index (χ2v) is 9.90. The van der Waals surface area contributed by atoms with Crippen LogP contribution in [0, 0.1) is 0 Å². The number of rotatable bonds is 8. The molecule has 2 aliphatic rings. The predicted octanol–water partition coefficient (Wildman–Crippen LogP) is -0.881. The van der Waals surface area contributed by atoms with Crippen molar-refractivity contribution in [3.05, 3.63) is 52.9 Å². The van der Waals surface area contributed by atoms with Gasteiger partial charge in [0.05, 0.1) is 38.4 Å². The number of hydrogen-bond acceptors (Lipinski definition) is 14. The van der Waals surface area contributed by atoms with Gasteiger partial charge in [0, 0.05) is 0 Å². The number of ether oxygens (including phenoxy) is 6. The van der Waals surface area contributed by atoms with E-state index in [1.807, 2.05) is 0 Å². The van der Waals surface area contributed by atoms with Crippen molar-refractivity contribution >= 4 is 11.0 Å². The van der Waals surface area contributed by atoms with Gasteiger partial charge in [-0.05, 0) is 29.8 Å². The molecule has 0 bridgehead atoms. The summed E-state index contributed by atoms with van der Waals surface area (Å²) in [7, 11) is 2.86. The van der Waals surface area contributed by atoms with Crippen molar-refractivity contribution in [3.63, 3.8) is 0 Å². The Hall–Kier alpha value is -3.31. The van der Waals surface area contributed by atoms with Gasteiger partial charge >= 0.3 is 0 Å². The van der Waals surface area contributed by atoms with Gasteiger partial charge in [0.2, 0.25) is 17.5 Å². The van der Waals surface area contributed by atoms with Crippen molar-refractivity contribution in [2.45, 2.75) is 55.3 Å². The largest absolute Gasteiger partial charge is 0.497 e. The van der Waals surface area contributed by atoms with Crippen LogP contribution in [0.1, 0.15) is 0 Å². The van der Waals surface area contributed by atoms with Gasteiger partial charge in [-0.15, -0.1) is 0 Å². The van der Waals surface area contributed by atoms with E-state index in [0.29, 0.717) is 16.9 Å². The zero-order valence-electron chi connectivity index (χ0n) is 22.6. The zero-order chi connectivity index (χ0) is 30.1. The van der Waals surface area contributed by atoms with Crippen LogP contribution >= 0.6 is 0 Å². The highest BCUT2D eigenvalue weighted by Gasteiger charge is 2.46. The average Bonchev–Trinajstić information content (AvgIpc) is 3.00. The van der Waals surface area contributed by atoms with Gasteiger partial charge in [-0.2, -0.15) is 0 Å². The van der Waals surface area contributed by atoms with Crippen LogP contribution in [0.3, 0.4) is 0 Å². The van der Waals surface area contributed by atoms with Gasteiger partial charge in [0.25, 0.3) is 0 Å². The molecule has 228 valence electrons. The maximum absolute atomic E-state index is 13.3. The van der Waals surface area contributed by atoms with Gasteiger partial charge in [-0.1, -0.05) is 12.1 Å². The predicted molar refractivity (Wildman–Crippen MR) is 142 cm³/mol. The molecular formula is C28H32O14. The zero-order valence-corrected chi connectivity index (χ0v) is 22.6. The Kier molecular flexibility index (Phi) is 8.98. The third-order valence-corrected chi connectivity index (χ3v) is 7.26. The highest BCUT2D eigenvalue weighted by Crippen LogP contribution is 2.37. The molecule has 2 aromatic carbocycles. The van der Waals surface area contributed by atoms with Crippen LogP contribution in [0.5, 0.6) is 17.2 Å². The first-order valence-electron chi connectivity index (χ1n) is 13.0. The Morgan fingerprint density at radius 3 is 2.24 bits per heavy atom. The fraction of sp³-hybridized carbons (Fsp3) is 0.464. The van der Waals surface area contributed by atoms with Crippen molar-refractivity contribution in [1.29, 1.82) is 0 Å². The van der Waals surface area contributed by atoms with E-state index in [-0.39, 0.29) is 34.5 Å². The molecule has 2 saturated heterocycles. The van der Waals surface area contributed by atoms with E-state index in [9.17, 15) is 35.4 Å². The Morgan fingerprint density at radius 2 is 1.55 bits per heavy atom. The first-order chi connectivity index (χ1) is 20.1. The number of aliphatic hydroxyl groups excluding tert-OH is 6. The van der Waals surface area contributed by atoms with Crippen LogP contribution in [-0.2, 0) is 14.2 Å². The summed E-state index contributed by atoms with van der Waals surface area (Å²) in [4.78, 5) is 13.3. The maximum atomic E-state index is 13.3. The smallest absolute Gasteiger partial charge is 0.229 e. The molecule has 42 heavy (non-hydrogen) atoms. The molecule has 2 fully saturated rings. The van der Waals surface area contributed by atoms with Gasteiger partial charge in [-0.25, -0.2) is 0 Å². The molecule has 0 spiro atoms. The molecule has 0 saturated carbocycles. The molecule has 14 nitrogen and oxygen atoms in total. The van der Waals surface area contributed by atoms with E-state index in [4.69, 9.17) is 32.8 Å². The normalized spacial score (nSPS) is 31.6. The molecule has 6 N–H and O–H groups in total. The lowest BCUT2D eigenvalue weighted by molar-refractivity contribution is -0.307. The number of aliphatic hydroxyl groups is 6. The lowest BCUT2D eigenvalue weighted by Gasteiger charge is -2.41. The molecule has 3 aromatic rings. The minimum absolute atomic E-state index is 0.000742. The minimum atomic E-state index is -1.72. The summed E-state index contributed by atoms with van der Waals surface area (Å²) in [6.45, 7) is -0.753. The van der Waals surface area contributed by atoms with Gasteiger partial charge in [0.1, 0.15) is 54.7 Å². The van der Waals surface area contributed by atoms with Crippen LogP contribution in [0.2, 0.25) is 0 Å². The highest BCUT2D eigenvalue weighted by molar-refractivity contribution is 5.88. The fourth-order valence-electron chi connectivity index (χ4n) is 4.80. The highest BCUT2D eigenvalue weighted by atomic mass is 16.7. The molecule has 0 radical (unpaired) electrons. The summed E-state index contributed by atoms with van der Waals surface area (Å²) in [5.41, 5.74) is 0.649. The maximum Gasteiger partial charge on any atom is 0.229 e. The molecule has 0 amide bonds. The van der Waals surface area contributed by atoms with Crippen LogP contribution < -0.4 is 19.6 Å². The second kappa shape index (κ2) is 12.5. The quantitative estimate of drug-likeness (QED) is 0.188. The topological polar surface area (TPSA) is 207 Å². The van der Waals surface area contributed by atoms with E-state index in [2.05, 4.69) is 0 Å². The summed E-state index contributed by atoms with van der Waals surface area (Å²) >= 11 is 0. The van der Waals surface area contributed by atoms with Crippen molar-refractivity contribution in [2.75, 3.05) is 27.4 Å². The van der Waals surface area contributed by atoms with Crippen LogP contribution in [0.4, 0.5) is 0 Å². The lowest BCUT2D eigenvalue weighted by Crippen LogP contribution is -2.61. The molecule has 9 unspecified atom stereocenters. The average molecular weight is 593 g/mol. The van der Waals surface area contributed by atoms with Gasteiger partial charge in [-0.3, -0.25) is 4.79 Å². The molecule has 0 aliphatic carbocycles. The van der Waals surface area contributed by atoms with Crippen molar-refractivity contribution in [3.8, 4) is 28.4 Å². The summed E-state index contributed by atoms with van der Waals surface area (Å²) in [5, 5.41) is 61.2. The van der Waals surface area contributed by atoms with E-state index < -0.39 is 61.9 Å². The summed E-state index contributed by atoms with van der Waals surface area (Å²) < 4.78 is 38.5. The van der Waals surface area contributed by atoms with Crippen LogP contribution in [0.15, 0.2) is 51.9 Å². The Bertz CT molecular complexity index is 1420. The number of fused-ring (bicyclic) bond motifs is 1.